The van der Waals surface area contributed by atoms with Crippen molar-refractivity contribution in [1.82, 2.24) is 4.90 Å². The van der Waals surface area contributed by atoms with Crippen LogP contribution in [0.15, 0.2) is 53.0 Å². The molecular weight excluding hydrogens is 424 g/mol. The van der Waals surface area contributed by atoms with Crippen molar-refractivity contribution in [2.24, 2.45) is 23.5 Å². The molecule has 2 aromatic rings. The van der Waals surface area contributed by atoms with Gasteiger partial charge in [-0.2, -0.15) is 0 Å². The zero-order chi connectivity index (χ0) is 23.8. The quantitative estimate of drug-likeness (QED) is 0.516. The van der Waals surface area contributed by atoms with Crippen LogP contribution in [-0.4, -0.2) is 57.8 Å². The first-order valence-electron chi connectivity index (χ1n) is 10.8. The molecule has 0 aliphatic heterocycles. The first-order chi connectivity index (χ1) is 15.6. The molecule has 3 aliphatic rings. The van der Waals surface area contributed by atoms with Gasteiger partial charge in [-0.3, -0.25) is 19.3 Å². The Labute approximate surface area is 189 Å². The molecule has 0 aromatic heterocycles. The summed E-state index contributed by atoms with van der Waals surface area (Å²) >= 11 is 0. The van der Waals surface area contributed by atoms with Crippen LogP contribution in [0.2, 0.25) is 0 Å². The number of fused-ring (bicyclic) bond motifs is 4. The van der Waals surface area contributed by atoms with Crippen molar-refractivity contribution in [2.75, 3.05) is 14.1 Å². The number of nitrogens with zero attached hydrogens (tertiary/aromatic N) is 1. The number of ketones is 2. The number of allylic oxidation sites excluding steroid dienone is 2. The van der Waals surface area contributed by atoms with Crippen LogP contribution in [-0.2, 0) is 16.0 Å². The molecule has 1 amide bonds. The molecule has 8 heteroatoms. The number of phenolic OH excluding ortho intramolecular Hbond substituents is 1. The number of aliphatic hydroxyl groups is 2. The van der Waals surface area contributed by atoms with E-state index in [1.807, 2.05) is 18.2 Å². The zero-order valence-corrected chi connectivity index (χ0v) is 18.2. The Bertz CT molecular complexity index is 1320. The van der Waals surface area contributed by atoms with Crippen LogP contribution < -0.4 is 5.73 Å². The lowest BCUT2D eigenvalue weighted by Crippen LogP contribution is -2.53. The van der Waals surface area contributed by atoms with E-state index in [1.54, 1.807) is 31.1 Å². The molecule has 0 saturated heterocycles. The fourth-order valence-corrected chi connectivity index (χ4v) is 5.99. The van der Waals surface area contributed by atoms with E-state index in [0.29, 0.717) is 23.8 Å². The Kier molecular flexibility index (Phi) is 4.61. The smallest absolute Gasteiger partial charge is 0.255 e. The monoisotopic (exact) mass is 448 g/mol. The Hall–Kier alpha value is -3.65. The highest BCUT2D eigenvalue weighted by Crippen LogP contribution is 2.50. The van der Waals surface area contributed by atoms with E-state index in [2.05, 4.69) is 0 Å². The summed E-state index contributed by atoms with van der Waals surface area (Å²) in [7, 11) is 3.41. The normalized spacial score (nSPS) is 27.0. The number of carbonyl (C=O) groups is 3. The van der Waals surface area contributed by atoms with Gasteiger partial charge in [0.1, 0.15) is 22.8 Å². The maximum Gasteiger partial charge on any atom is 0.255 e. The van der Waals surface area contributed by atoms with Gasteiger partial charge in [-0.25, -0.2) is 0 Å². The highest BCUT2D eigenvalue weighted by molar-refractivity contribution is 6.22. The third-order valence-electron chi connectivity index (χ3n) is 7.28. The third-order valence-corrected chi connectivity index (χ3v) is 7.28. The average molecular weight is 448 g/mol. The summed E-state index contributed by atoms with van der Waals surface area (Å²) in [5.74, 6) is -5.45. The highest BCUT2D eigenvalue weighted by Gasteiger charge is 2.54. The number of Topliss-reactive ketones (excluding diaryl/α,β-unsaturated/α-hetero) is 2. The number of carbonyl (C=O) groups excluding carboxylic acids is 3. The van der Waals surface area contributed by atoms with Gasteiger partial charge < -0.3 is 21.1 Å². The number of primary amides is 1. The molecule has 0 fully saturated rings. The second-order valence-electron chi connectivity index (χ2n) is 9.28. The SMILES string of the molecule is CN(C)[C@@H]1C(O)=C(C(N)=O)C(=O)C2C(O)=C3C(=O)c4c(cc5ccccc5c4O)CC3C[C@H]21. The molecule has 2 aromatic carbocycles. The van der Waals surface area contributed by atoms with Crippen LogP contribution >= 0.6 is 0 Å². The number of nitrogens with two attached hydrogens (primary N) is 1. The molecule has 0 bridgehead atoms. The fraction of sp³-hybridized carbons (Fsp3) is 0.320. The van der Waals surface area contributed by atoms with Gasteiger partial charge in [0, 0.05) is 11.0 Å². The first kappa shape index (κ1) is 21.2. The maximum atomic E-state index is 13.5. The van der Waals surface area contributed by atoms with Gasteiger partial charge in [0.15, 0.2) is 11.6 Å². The highest BCUT2D eigenvalue weighted by atomic mass is 16.3. The van der Waals surface area contributed by atoms with E-state index in [9.17, 15) is 29.7 Å². The molecule has 0 saturated carbocycles. The number of hydrogen-bond acceptors (Lipinski definition) is 7. The van der Waals surface area contributed by atoms with Gasteiger partial charge in [0.05, 0.1) is 17.5 Å². The standard InChI is InChI=1S/C25H24N2O6/c1-27(2)19-14-9-12-8-11-7-10-5-3-4-6-13(10)20(28)15(11)21(29)16(12)22(30)17(14)23(31)18(24(19)32)25(26)33/h3-7,12,14,17,19,28,30,32H,8-9H2,1-2H3,(H2,26,33)/t12?,14-,17?,19+/m1/s1. The van der Waals surface area contributed by atoms with E-state index in [4.69, 9.17) is 5.73 Å². The van der Waals surface area contributed by atoms with Crippen molar-refractivity contribution in [3.8, 4) is 5.75 Å². The van der Waals surface area contributed by atoms with Gasteiger partial charge in [-0.05, 0) is 49.7 Å². The van der Waals surface area contributed by atoms with E-state index >= 15 is 0 Å². The minimum atomic E-state index is -1.17. The van der Waals surface area contributed by atoms with Crippen LogP contribution in [0, 0.1) is 17.8 Å². The lowest BCUT2D eigenvalue weighted by molar-refractivity contribution is -0.127. The maximum absolute atomic E-state index is 13.5. The number of amides is 1. The largest absolute Gasteiger partial charge is 0.511 e. The molecule has 0 radical (unpaired) electrons. The second-order valence-corrected chi connectivity index (χ2v) is 9.28. The average Bonchev–Trinajstić information content (AvgIpc) is 2.72. The van der Waals surface area contributed by atoms with E-state index in [1.165, 1.54) is 0 Å². The van der Waals surface area contributed by atoms with E-state index in [-0.39, 0.29) is 16.9 Å². The van der Waals surface area contributed by atoms with Crippen molar-refractivity contribution in [3.63, 3.8) is 0 Å². The molecule has 170 valence electrons. The number of aliphatic hydroxyl groups excluding tert-OH is 2. The van der Waals surface area contributed by atoms with Crippen molar-refractivity contribution < 1.29 is 29.7 Å². The molecule has 4 atom stereocenters. The Morgan fingerprint density at radius 2 is 1.79 bits per heavy atom. The van der Waals surface area contributed by atoms with Crippen LogP contribution in [0.3, 0.4) is 0 Å². The van der Waals surface area contributed by atoms with Crippen LogP contribution in [0.5, 0.6) is 5.75 Å². The van der Waals surface area contributed by atoms with Crippen LogP contribution in [0.4, 0.5) is 0 Å². The van der Waals surface area contributed by atoms with Crippen molar-refractivity contribution >= 4 is 28.2 Å². The van der Waals surface area contributed by atoms with Crippen LogP contribution in [0.1, 0.15) is 22.3 Å². The fourth-order valence-electron chi connectivity index (χ4n) is 5.99. The predicted molar refractivity (Wildman–Crippen MR) is 120 cm³/mol. The summed E-state index contributed by atoms with van der Waals surface area (Å²) in [4.78, 5) is 40.4. The Morgan fingerprint density at radius 3 is 2.45 bits per heavy atom. The molecule has 2 unspecified atom stereocenters. The van der Waals surface area contributed by atoms with Gasteiger partial charge in [0.25, 0.3) is 5.91 Å². The Balaban J connectivity index is 1.70. The minimum absolute atomic E-state index is 0.0883. The van der Waals surface area contributed by atoms with Gasteiger partial charge in [-0.1, -0.05) is 30.3 Å². The lowest BCUT2D eigenvalue weighted by Gasteiger charge is -2.46. The minimum Gasteiger partial charge on any atom is -0.511 e. The van der Waals surface area contributed by atoms with Gasteiger partial charge >= 0.3 is 0 Å². The second kappa shape index (κ2) is 7.18. The molecular formula is C25H24N2O6. The van der Waals surface area contributed by atoms with Gasteiger partial charge in [-0.15, -0.1) is 0 Å². The number of rotatable bonds is 2. The third kappa shape index (κ3) is 2.83. The van der Waals surface area contributed by atoms with Crippen molar-refractivity contribution in [1.29, 1.82) is 0 Å². The van der Waals surface area contributed by atoms with E-state index in [0.717, 1.165) is 5.39 Å². The molecule has 5 N–H and O–H groups in total. The summed E-state index contributed by atoms with van der Waals surface area (Å²) < 4.78 is 0. The predicted octanol–water partition coefficient (Wildman–Crippen LogP) is 2.16. The number of benzene rings is 2. The first-order valence-corrected chi connectivity index (χ1v) is 10.8. The summed E-state index contributed by atoms with van der Waals surface area (Å²) in [5.41, 5.74) is 5.73. The van der Waals surface area contributed by atoms with Crippen molar-refractivity contribution in [3.05, 3.63) is 64.1 Å². The molecule has 5 rings (SSSR count). The number of likely N-dealkylation sites (N-methyl/N-ethyl adjacent to an activating group) is 1. The summed E-state index contributed by atoms with van der Waals surface area (Å²) in [6, 6.07) is 8.34. The topological polar surface area (TPSA) is 141 Å². The molecule has 33 heavy (non-hydrogen) atoms. The lowest BCUT2D eigenvalue weighted by atomic mass is 9.61. The molecule has 3 aliphatic carbocycles. The van der Waals surface area contributed by atoms with Crippen LogP contribution in [0.25, 0.3) is 10.8 Å². The van der Waals surface area contributed by atoms with Crippen molar-refractivity contribution in [2.45, 2.75) is 18.9 Å². The number of aromatic hydroxyl groups is 1. The summed E-state index contributed by atoms with van der Waals surface area (Å²) in [5, 5.41) is 34.2. The van der Waals surface area contributed by atoms with Gasteiger partial charge in [0.2, 0.25) is 0 Å². The molecule has 0 heterocycles. The zero-order valence-electron chi connectivity index (χ0n) is 18.2. The molecule has 8 nitrogen and oxygen atoms in total. The van der Waals surface area contributed by atoms with E-state index < -0.39 is 58.4 Å². The molecule has 0 spiro atoms. The Morgan fingerprint density at radius 1 is 1.09 bits per heavy atom. The number of phenols is 1. The summed E-state index contributed by atoms with van der Waals surface area (Å²) in [6.45, 7) is 0. The summed E-state index contributed by atoms with van der Waals surface area (Å²) in [6.07, 6.45) is 0.733. The number of hydrogen-bond donors (Lipinski definition) is 4.